The van der Waals surface area contributed by atoms with Crippen LogP contribution < -0.4 is 19.1 Å². The highest BCUT2D eigenvalue weighted by atomic mass is 32.2. The highest BCUT2D eigenvalue weighted by Crippen LogP contribution is 2.34. The molecule has 3 aromatic carbocycles. The standard InChI is InChI=1S/C31H36FN3O6S/c1-5-22(3)33-31(37)23(4)34(19-24-9-7-6-8-21(24)2)30(36)20-35(26-12-10-25(32)11-13-26)42(38,39)27-14-15-28-29(18-27)41-17-16-40-28/h6-15,18,22-23H,5,16-17,19-20H2,1-4H3,(H,33,37)/t22-,23+/m1/s1. The number of hydrogen-bond acceptors (Lipinski definition) is 6. The van der Waals surface area contributed by atoms with Crippen LogP contribution in [-0.4, -0.2) is 57.0 Å². The number of nitrogens with zero attached hydrogens (tertiary/aromatic N) is 2. The number of rotatable bonds is 11. The number of fused-ring (bicyclic) bond motifs is 1. The van der Waals surface area contributed by atoms with Crippen molar-refractivity contribution in [2.24, 2.45) is 0 Å². The van der Waals surface area contributed by atoms with Gasteiger partial charge in [-0.15, -0.1) is 0 Å². The Bertz CT molecular complexity index is 1530. The molecule has 9 nitrogen and oxygen atoms in total. The molecule has 0 bridgehead atoms. The average molecular weight is 598 g/mol. The molecule has 1 N–H and O–H groups in total. The maximum atomic E-state index is 14.0. The molecule has 2 atom stereocenters. The molecule has 1 heterocycles. The largest absolute Gasteiger partial charge is 0.486 e. The third kappa shape index (κ3) is 7.02. The molecule has 0 radical (unpaired) electrons. The smallest absolute Gasteiger partial charge is 0.264 e. The SMILES string of the molecule is CC[C@@H](C)NC(=O)[C@H](C)N(Cc1ccccc1C)C(=O)CN(c1ccc(F)cc1)S(=O)(=O)c1ccc2c(c1)OCCO2. The van der Waals surface area contributed by atoms with E-state index in [1.165, 1.54) is 35.2 Å². The first kappa shape index (κ1) is 30.8. The number of nitrogens with one attached hydrogen (secondary N) is 1. The quantitative estimate of drug-likeness (QED) is 0.351. The molecule has 1 aliphatic rings. The van der Waals surface area contributed by atoms with Crippen molar-refractivity contribution in [1.29, 1.82) is 0 Å². The van der Waals surface area contributed by atoms with Crippen molar-refractivity contribution in [1.82, 2.24) is 10.2 Å². The third-order valence-electron chi connectivity index (χ3n) is 7.27. The Kier molecular flexibility index (Phi) is 9.72. The molecule has 42 heavy (non-hydrogen) atoms. The first-order valence-corrected chi connectivity index (χ1v) is 15.3. The fraction of sp³-hybridized carbons (Fsp3) is 0.355. The van der Waals surface area contributed by atoms with E-state index in [4.69, 9.17) is 9.47 Å². The number of ether oxygens (including phenoxy) is 2. The number of hydrogen-bond donors (Lipinski definition) is 1. The topological polar surface area (TPSA) is 105 Å². The van der Waals surface area contributed by atoms with Crippen LogP contribution in [0.25, 0.3) is 0 Å². The number of carbonyl (C=O) groups excluding carboxylic acids is 2. The zero-order valence-electron chi connectivity index (χ0n) is 24.2. The summed E-state index contributed by atoms with van der Waals surface area (Å²) in [5.41, 5.74) is 1.83. The Morgan fingerprint density at radius 2 is 1.64 bits per heavy atom. The molecular formula is C31H36FN3O6S. The summed E-state index contributed by atoms with van der Waals surface area (Å²) in [5.74, 6) is -0.831. The predicted octanol–water partition coefficient (Wildman–Crippen LogP) is 4.43. The first-order chi connectivity index (χ1) is 20.0. The third-order valence-corrected chi connectivity index (χ3v) is 9.04. The van der Waals surface area contributed by atoms with Gasteiger partial charge in [-0.2, -0.15) is 0 Å². The molecule has 0 saturated heterocycles. The van der Waals surface area contributed by atoms with Crippen molar-refractivity contribution >= 4 is 27.5 Å². The molecule has 4 rings (SSSR count). The van der Waals surface area contributed by atoms with Gasteiger partial charge in [-0.05, 0) is 74.7 Å². The summed E-state index contributed by atoms with van der Waals surface area (Å²) in [5, 5.41) is 2.91. The highest BCUT2D eigenvalue weighted by molar-refractivity contribution is 7.92. The second-order valence-corrected chi connectivity index (χ2v) is 12.1. The number of benzene rings is 3. The van der Waals surface area contributed by atoms with Gasteiger partial charge in [0.15, 0.2) is 11.5 Å². The van der Waals surface area contributed by atoms with Gasteiger partial charge < -0.3 is 19.7 Å². The van der Waals surface area contributed by atoms with Crippen LogP contribution in [0.5, 0.6) is 11.5 Å². The highest BCUT2D eigenvalue weighted by Gasteiger charge is 2.33. The van der Waals surface area contributed by atoms with Gasteiger partial charge in [0.1, 0.15) is 31.6 Å². The average Bonchev–Trinajstić information content (AvgIpc) is 2.99. The fourth-order valence-corrected chi connectivity index (χ4v) is 5.90. The van der Waals surface area contributed by atoms with Crippen LogP contribution in [0.2, 0.25) is 0 Å². The predicted molar refractivity (Wildman–Crippen MR) is 157 cm³/mol. The Balaban J connectivity index is 1.72. The van der Waals surface area contributed by atoms with Gasteiger partial charge in [-0.1, -0.05) is 31.2 Å². The van der Waals surface area contributed by atoms with E-state index >= 15 is 0 Å². The van der Waals surface area contributed by atoms with E-state index < -0.39 is 34.3 Å². The van der Waals surface area contributed by atoms with Crippen LogP contribution in [0.1, 0.15) is 38.3 Å². The molecule has 3 aromatic rings. The van der Waals surface area contributed by atoms with E-state index in [0.29, 0.717) is 18.8 Å². The number of carbonyl (C=O) groups is 2. The van der Waals surface area contributed by atoms with Gasteiger partial charge in [-0.25, -0.2) is 12.8 Å². The summed E-state index contributed by atoms with van der Waals surface area (Å²) >= 11 is 0. The van der Waals surface area contributed by atoms with E-state index in [1.807, 2.05) is 45.0 Å². The van der Waals surface area contributed by atoms with Crippen molar-refractivity contribution in [3.63, 3.8) is 0 Å². The van der Waals surface area contributed by atoms with Crippen LogP contribution in [0.3, 0.4) is 0 Å². The lowest BCUT2D eigenvalue weighted by molar-refractivity contribution is -0.139. The lowest BCUT2D eigenvalue weighted by atomic mass is 10.1. The summed E-state index contributed by atoms with van der Waals surface area (Å²) in [7, 11) is -4.35. The summed E-state index contributed by atoms with van der Waals surface area (Å²) in [6.07, 6.45) is 0.705. The monoisotopic (exact) mass is 597 g/mol. The lowest BCUT2D eigenvalue weighted by Gasteiger charge is -2.33. The molecule has 11 heteroatoms. The minimum Gasteiger partial charge on any atom is -0.486 e. The number of anilines is 1. The summed E-state index contributed by atoms with van der Waals surface area (Å²) < 4.78 is 54.0. The number of halogens is 1. The number of amides is 2. The van der Waals surface area contributed by atoms with Crippen LogP contribution in [0.15, 0.2) is 71.6 Å². The Morgan fingerprint density at radius 3 is 2.31 bits per heavy atom. The summed E-state index contributed by atoms with van der Waals surface area (Å²) in [6.45, 7) is 7.39. The van der Waals surface area contributed by atoms with Crippen LogP contribution in [0.4, 0.5) is 10.1 Å². The zero-order valence-corrected chi connectivity index (χ0v) is 25.0. The van der Waals surface area contributed by atoms with Crippen molar-refractivity contribution < 1.29 is 31.9 Å². The van der Waals surface area contributed by atoms with Crippen LogP contribution in [-0.2, 0) is 26.2 Å². The van der Waals surface area contributed by atoms with Gasteiger partial charge >= 0.3 is 0 Å². The minimum atomic E-state index is -4.35. The molecule has 0 fully saturated rings. The second-order valence-electron chi connectivity index (χ2n) is 10.2. The summed E-state index contributed by atoms with van der Waals surface area (Å²) in [6, 6.07) is 15.5. The molecule has 0 saturated carbocycles. The van der Waals surface area contributed by atoms with E-state index in [2.05, 4.69) is 5.32 Å². The van der Waals surface area contributed by atoms with Gasteiger partial charge in [0.2, 0.25) is 11.8 Å². The van der Waals surface area contributed by atoms with E-state index in [0.717, 1.165) is 27.6 Å². The Hall–Kier alpha value is -4.12. The van der Waals surface area contributed by atoms with Gasteiger partial charge in [0, 0.05) is 18.7 Å². The van der Waals surface area contributed by atoms with Crippen molar-refractivity contribution in [3.8, 4) is 11.5 Å². The normalized spacial score (nSPS) is 14.0. The molecule has 1 aliphatic heterocycles. The maximum Gasteiger partial charge on any atom is 0.264 e. The second kappa shape index (κ2) is 13.2. The number of sulfonamides is 1. The maximum absolute atomic E-state index is 14.0. The van der Waals surface area contributed by atoms with Gasteiger partial charge in [0.25, 0.3) is 10.0 Å². The Labute approximate surface area is 246 Å². The molecule has 0 aliphatic carbocycles. The minimum absolute atomic E-state index is 0.0852. The molecule has 0 unspecified atom stereocenters. The van der Waals surface area contributed by atoms with E-state index in [1.54, 1.807) is 6.92 Å². The van der Waals surface area contributed by atoms with Crippen LogP contribution in [0, 0.1) is 12.7 Å². The van der Waals surface area contributed by atoms with Gasteiger partial charge in [0.05, 0.1) is 10.6 Å². The molecule has 0 spiro atoms. The van der Waals surface area contributed by atoms with E-state index in [9.17, 15) is 22.4 Å². The molecule has 0 aromatic heterocycles. The fourth-order valence-electron chi connectivity index (χ4n) is 4.47. The van der Waals surface area contributed by atoms with E-state index in [-0.39, 0.29) is 41.4 Å². The van der Waals surface area contributed by atoms with Crippen molar-refractivity contribution in [3.05, 3.63) is 83.7 Å². The Morgan fingerprint density at radius 1 is 0.976 bits per heavy atom. The van der Waals surface area contributed by atoms with Crippen molar-refractivity contribution in [2.45, 2.75) is 57.6 Å². The van der Waals surface area contributed by atoms with Crippen molar-refractivity contribution in [2.75, 3.05) is 24.1 Å². The molecule has 224 valence electrons. The lowest BCUT2D eigenvalue weighted by Crippen LogP contribution is -2.52. The number of aryl methyl sites for hydroxylation is 1. The van der Waals surface area contributed by atoms with Gasteiger partial charge in [-0.3, -0.25) is 13.9 Å². The zero-order chi connectivity index (χ0) is 30.4. The summed E-state index contributed by atoms with van der Waals surface area (Å²) in [4.78, 5) is 28.5. The molecular weight excluding hydrogens is 561 g/mol. The first-order valence-electron chi connectivity index (χ1n) is 13.8. The van der Waals surface area contributed by atoms with Crippen LogP contribution >= 0.6 is 0 Å². The molecule has 2 amide bonds.